The molecular formula is C38H23N3. The first kappa shape index (κ1) is 22.4. The van der Waals surface area contributed by atoms with E-state index in [4.69, 9.17) is 9.97 Å². The Kier molecular flexibility index (Phi) is 4.53. The predicted octanol–water partition coefficient (Wildman–Crippen LogP) is 8.70. The molecule has 190 valence electrons. The van der Waals surface area contributed by atoms with Crippen molar-refractivity contribution >= 4 is 11.0 Å². The summed E-state index contributed by atoms with van der Waals surface area (Å²) < 4.78 is 0. The summed E-state index contributed by atoms with van der Waals surface area (Å²) in [5, 5.41) is 0. The summed E-state index contributed by atoms with van der Waals surface area (Å²) >= 11 is 0. The topological polar surface area (TPSA) is 38.7 Å². The fourth-order valence-corrected chi connectivity index (χ4v) is 7.18. The van der Waals surface area contributed by atoms with Gasteiger partial charge in [0.1, 0.15) is 0 Å². The number of pyridine rings is 3. The van der Waals surface area contributed by atoms with E-state index in [0.29, 0.717) is 0 Å². The lowest BCUT2D eigenvalue weighted by Crippen LogP contribution is -2.25. The molecule has 0 amide bonds. The lowest BCUT2D eigenvalue weighted by Gasteiger charge is -2.30. The van der Waals surface area contributed by atoms with Crippen molar-refractivity contribution in [3.63, 3.8) is 0 Å². The van der Waals surface area contributed by atoms with Crippen molar-refractivity contribution in [2.45, 2.75) is 5.41 Å². The zero-order valence-corrected chi connectivity index (χ0v) is 22.1. The molecule has 0 radical (unpaired) electrons. The molecule has 2 aliphatic rings. The Morgan fingerprint density at radius 1 is 0.415 bits per heavy atom. The molecular weight excluding hydrogens is 498 g/mol. The van der Waals surface area contributed by atoms with Crippen LogP contribution in [0.4, 0.5) is 0 Å². The van der Waals surface area contributed by atoms with Crippen LogP contribution in [0.3, 0.4) is 0 Å². The van der Waals surface area contributed by atoms with E-state index >= 15 is 0 Å². The maximum absolute atomic E-state index is 5.15. The highest BCUT2D eigenvalue weighted by Crippen LogP contribution is 2.63. The SMILES string of the molecule is c1ccc(-c2ccc3nc(-c4cccc5c4-c4cnccc4C54c5ccccc5-c5ccccc54)ccc3n2)cc1. The van der Waals surface area contributed by atoms with Gasteiger partial charge in [0.2, 0.25) is 0 Å². The third-order valence-electron chi connectivity index (χ3n) is 8.80. The Morgan fingerprint density at radius 2 is 1.00 bits per heavy atom. The molecule has 7 aromatic rings. The number of fused-ring (bicyclic) bond motifs is 11. The van der Waals surface area contributed by atoms with Crippen molar-refractivity contribution in [3.8, 4) is 44.8 Å². The van der Waals surface area contributed by atoms with E-state index in [2.05, 4.69) is 114 Å². The molecule has 0 aliphatic heterocycles. The van der Waals surface area contributed by atoms with Crippen LogP contribution in [0.25, 0.3) is 55.8 Å². The zero-order valence-electron chi connectivity index (χ0n) is 22.1. The summed E-state index contributed by atoms with van der Waals surface area (Å²) in [5.74, 6) is 0. The molecule has 0 bridgehead atoms. The molecule has 4 aromatic carbocycles. The van der Waals surface area contributed by atoms with Gasteiger partial charge in [-0.25, -0.2) is 9.97 Å². The number of aromatic nitrogens is 3. The van der Waals surface area contributed by atoms with Crippen LogP contribution in [0.1, 0.15) is 22.3 Å². The summed E-state index contributed by atoms with van der Waals surface area (Å²) in [6.45, 7) is 0. The third-order valence-corrected chi connectivity index (χ3v) is 8.80. The minimum absolute atomic E-state index is 0.389. The van der Waals surface area contributed by atoms with Gasteiger partial charge in [-0.2, -0.15) is 0 Å². The molecule has 9 rings (SSSR count). The fraction of sp³-hybridized carbons (Fsp3) is 0.0263. The van der Waals surface area contributed by atoms with Gasteiger partial charge >= 0.3 is 0 Å². The van der Waals surface area contributed by atoms with Gasteiger partial charge in [0, 0.05) is 29.1 Å². The standard InChI is InChI=1S/C38H23N3/c1-2-9-24(10-3-1)33-17-19-36-35(40-33)20-18-34(41-36)27-13-8-16-32-37(27)28-23-39-22-21-31(28)38(32)29-14-6-4-11-25(29)26-12-5-7-15-30(26)38/h1-23H. The summed E-state index contributed by atoms with van der Waals surface area (Å²) in [4.78, 5) is 14.7. The minimum Gasteiger partial charge on any atom is -0.264 e. The fourth-order valence-electron chi connectivity index (χ4n) is 7.18. The highest BCUT2D eigenvalue weighted by Gasteiger charge is 2.52. The summed E-state index contributed by atoms with van der Waals surface area (Å²) in [5.41, 5.74) is 15.7. The highest BCUT2D eigenvalue weighted by molar-refractivity contribution is 5.99. The van der Waals surface area contributed by atoms with E-state index in [9.17, 15) is 0 Å². The van der Waals surface area contributed by atoms with Gasteiger partial charge in [-0.3, -0.25) is 4.98 Å². The largest absolute Gasteiger partial charge is 0.264 e. The Labute approximate surface area is 237 Å². The second kappa shape index (κ2) is 8.30. The minimum atomic E-state index is -0.389. The van der Waals surface area contributed by atoms with Gasteiger partial charge in [0.25, 0.3) is 0 Å². The van der Waals surface area contributed by atoms with Crippen LogP contribution in [0, 0.1) is 0 Å². The van der Waals surface area contributed by atoms with E-state index in [1.165, 1.54) is 44.5 Å². The van der Waals surface area contributed by atoms with Crippen molar-refractivity contribution < 1.29 is 0 Å². The molecule has 3 heteroatoms. The van der Waals surface area contributed by atoms with Gasteiger partial charge in [0.05, 0.1) is 27.8 Å². The molecule has 1 spiro atoms. The number of hydrogen-bond acceptors (Lipinski definition) is 3. The van der Waals surface area contributed by atoms with Crippen molar-refractivity contribution in [2.24, 2.45) is 0 Å². The van der Waals surface area contributed by atoms with Gasteiger partial charge < -0.3 is 0 Å². The third kappa shape index (κ3) is 2.95. The van der Waals surface area contributed by atoms with Crippen molar-refractivity contribution in [3.05, 3.63) is 162 Å². The Bertz CT molecular complexity index is 2120. The molecule has 0 N–H and O–H groups in total. The van der Waals surface area contributed by atoms with Crippen LogP contribution in [0.5, 0.6) is 0 Å². The molecule has 3 aromatic heterocycles. The molecule has 0 saturated heterocycles. The maximum atomic E-state index is 5.15. The maximum Gasteiger partial charge on any atom is 0.0894 e. The number of benzene rings is 4. The zero-order chi connectivity index (χ0) is 27.0. The first-order valence-corrected chi connectivity index (χ1v) is 14.0. The van der Waals surface area contributed by atoms with Gasteiger partial charge in [-0.05, 0) is 69.3 Å². The second-order valence-corrected chi connectivity index (χ2v) is 10.8. The smallest absolute Gasteiger partial charge is 0.0894 e. The van der Waals surface area contributed by atoms with Crippen LogP contribution < -0.4 is 0 Å². The lowest BCUT2D eigenvalue weighted by atomic mass is 9.70. The molecule has 0 unspecified atom stereocenters. The first-order valence-electron chi connectivity index (χ1n) is 14.0. The Morgan fingerprint density at radius 3 is 1.76 bits per heavy atom. The van der Waals surface area contributed by atoms with Gasteiger partial charge in [0.15, 0.2) is 0 Å². The van der Waals surface area contributed by atoms with Crippen molar-refractivity contribution in [2.75, 3.05) is 0 Å². The van der Waals surface area contributed by atoms with Gasteiger partial charge in [-0.1, -0.05) is 97.1 Å². The van der Waals surface area contributed by atoms with Crippen molar-refractivity contribution in [1.82, 2.24) is 15.0 Å². The average Bonchev–Trinajstić information content (AvgIpc) is 3.52. The highest BCUT2D eigenvalue weighted by atomic mass is 14.8. The van der Waals surface area contributed by atoms with Crippen LogP contribution >= 0.6 is 0 Å². The second-order valence-electron chi connectivity index (χ2n) is 10.8. The van der Waals surface area contributed by atoms with E-state index in [1.807, 2.05) is 30.6 Å². The summed E-state index contributed by atoms with van der Waals surface area (Å²) in [6.07, 6.45) is 3.96. The average molecular weight is 522 g/mol. The first-order chi connectivity index (χ1) is 20.3. The molecule has 0 fully saturated rings. The Balaban J connectivity index is 1.29. The van der Waals surface area contributed by atoms with Crippen molar-refractivity contribution in [1.29, 1.82) is 0 Å². The normalized spacial score (nSPS) is 13.6. The molecule has 3 nitrogen and oxygen atoms in total. The molecule has 3 heterocycles. The molecule has 0 atom stereocenters. The van der Waals surface area contributed by atoms with Crippen LogP contribution in [0.15, 0.2) is 140 Å². The van der Waals surface area contributed by atoms with E-state index in [-0.39, 0.29) is 5.41 Å². The van der Waals surface area contributed by atoms with Gasteiger partial charge in [-0.15, -0.1) is 0 Å². The molecule has 2 aliphatic carbocycles. The predicted molar refractivity (Wildman–Crippen MR) is 165 cm³/mol. The number of nitrogens with zero attached hydrogens (tertiary/aromatic N) is 3. The van der Waals surface area contributed by atoms with Crippen LogP contribution in [-0.4, -0.2) is 15.0 Å². The summed E-state index contributed by atoms with van der Waals surface area (Å²) in [7, 11) is 0. The Hall–Kier alpha value is -5.41. The van der Waals surface area contributed by atoms with Crippen LogP contribution in [0.2, 0.25) is 0 Å². The molecule has 0 saturated carbocycles. The van der Waals surface area contributed by atoms with Crippen LogP contribution in [-0.2, 0) is 5.41 Å². The monoisotopic (exact) mass is 521 g/mol. The lowest BCUT2D eigenvalue weighted by molar-refractivity contribution is 0.792. The van der Waals surface area contributed by atoms with E-state index in [1.54, 1.807) is 0 Å². The number of hydrogen-bond donors (Lipinski definition) is 0. The number of rotatable bonds is 2. The quantitative estimate of drug-likeness (QED) is 0.228. The van der Waals surface area contributed by atoms with E-state index < -0.39 is 0 Å². The summed E-state index contributed by atoms with van der Waals surface area (Å²) in [6, 6.07) is 45.2. The molecule has 41 heavy (non-hydrogen) atoms. The van der Waals surface area contributed by atoms with E-state index in [0.717, 1.165) is 33.5 Å².